The minimum Gasteiger partial charge on any atom is -0.467 e. The number of hydrogen-bond acceptors (Lipinski definition) is 6. The predicted octanol–water partition coefficient (Wildman–Crippen LogP) is 4.63. The van der Waals surface area contributed by atoms with Gasteiger partial charge in [-0.1, -0.05) is 29.4 Å². The van der Waals surface area contributed by atoms with Crippen molar-refractivity contribution in [3.63, 3.8) is 0 Å². The third kappa shape index (κ3) is 4.65. The third-order valence-electron chi connectivity index (χ3n) is 4.78. The predicted molar refractivity (Wildman–Crippen MR) is 120 cm³/mol. The number of hydrogen-bond donors (Lipinski definition) is 0. The van der Waals surface area contributed by atoms with Gasteiger partial charge in [0.25, 0.3) is 0 Å². The van der Waals surface area contributed by atoms with Crippen LogP contribution in [-0.4, -0.2) is 43.4 Å². The molecule has 0 saturated carbocycles. The van der Waals surface area contributed by atoms with Crippen molar-refractivity contribution in [3.8, 4) is 17.1 Å². The maximum atomic E-state index is 12.7. The second-order valence-electron chi connectivity index (χ2n) is 6.88. The van der Waals surface area contributed by atoms with Crippen LogP contribution >= 0.6 is 23.4 Å². The van der Waals surface area contributed by atoms with E-state index in [4.69, 9.17) is 16.0 Å². The first-order valence-corrected chi connectivity index (χ1v) is 10.9. The van der Waals surface area contributed by atoms with Crippen molar-refractivity contribution in [2.75, 3.05) is 12.8 Å². The zero-order valence-electron chi connectivity index (χ0n) is 17.0. The van der Waals surface area contributed by atoms with Gasteiger partial charge in [0, 0.05) is 30.0 Å². The van der Waals surface area contributed by atoms with Crippen LogP contribution in [0.3, 0.4) is 0 Å². The summed E-state index contributed by atoms with van der Waals surface area (Å²) in [5.74, 6) is 1.57. The van der Waals surface area contributed by atoms with Crippen LogP contribution < -0.4 is 0 Å². The van der Waals surface area contributed by atoms with Gasteiger partial charge in [-0.3, -0.25) is 14.3 Å². The standard InChI is InChI=1S/C22H20ClN5O2S/c1-15-18(23)6-3-7-19(15)28-21(16-8-10-24-11-9-16)25-26-22(28)31-14-20(29)27(2)13-17-5-4-12-30-17/h3-12H,13-14H2,1-2H3. The molecule has 0 aliphatic carbocycles. The highest BCUT2D eigenvalue weighted by atomic mass is 35.5. The number of nitrogens with zero attached hydrogens (tertiary/aromatic N) is 5. The second kappa shape index (κ2) is 9.36. The zero-order valence-corrected chi connectivity index (χ0v) is 18.6. The molecule has 0 atom stereocenters. The fraction of sp³-hybridized carbons (Fsp3) is 0.182. The summed E-state index contributed by atoms with van der Waals surface area (Å²) in [5, 5.41) is 10.0. The summed E-state index contributed by atoms with van der Waals surface area (Å²) >= 11 is 7.71. The molecule has 9 heteroatoms. The lowest BCUT2D eigenvalue weighted by Crippen LogP contribution is -2.27. The maximum absolute atomic E-state index is 12.7. The molecule has 0 bridgehead atoms. The minimum atomic E-state index is -0.0378. The molecule has 4 aromatic rings. The fourth-order valence-electron chi connectivity index (χ4n) is 3.07. The molecule has 0 aliphatic rings. The van der Waals surface area contributed by atoms with Crippen molar-refractivity contribution >= 4 is 29.3 Å². The van der Waals surface area contributed by atoms with Gasteiger partial charge in [-0.15, -0.1) is 10.2 Å². The van der Waals surface area contributed by atoms with Gasteiger partial charge in [0.05, 0.1) is 24.2 Å². The first-order valence-electron chi connectivity index (χ1n) is 9.55. The second-order valence-corrected chi connectivity index (χ2v) is 8.23. The van der Waals surface area contributed by atoms with Gasteiger partial charge in [0.15, 0.2) is 11.0 Å². The van der Waals surface area contributed by atoms with E-state index in [2.05, 4.69) is 15.2 Å². The summed E-state index contributed by atoms with van der Waals surface area (Å²) in [6.45, 7) is 2.36. The first-order chi connectivity index (χ1) is 15.0. The van der Waals surface area contributed by atoms with Crippen LogP contribution in [0.4, 0.5) is 0 Å². The minimum absolute atomic E-state index is 0.0378. The van der Waals surface area contributed by atoms with Crippen molar-refractivity contribution in [1.82, 2.24) is 24.6 Å². The number of pyridine rings is 1. The van der Waals surface area contributed by atoms with Crippen molar-refractivity contribution in [1.29, 1.82) is 0 Å². The van der Waals surface area contributed by atoms with E-state index in [0.29, 0.717) is 22.5 Å². The van der Waals surface area contributed by atoms with E-state index < -0.39 is 0 Å². The number of furan rings is 1. The average Bonchev–Trinajstić information content (AvgIpc) is 3.44. The van der Waals surface area contributed by atoms with Gasteiger partial charge >= 0.3 is 0 Å². The van der Waals surface area contributed by atoms with Crippen molar-refractivity contribution < 1.29 is 9.21 Å². The van der Waals surface area contributed by atoms with E-state index >= 15 is 0 Å². The number of carbonyl (C=O) groups is 1. The van der Waals surface area contributed by atoms with Gasteiger partial charge < -0.3 is 9.32 Å². The van der Waals surface area contributed by atoms with E-state index in [1.165, 1.54) is 11.8 Å². The van der Waals surface area contributed by atoms with Crippen molar-refractivity contribution in [3.05, 3.63) is 77.5 Å². The maximum Gasteiger partial charge on any atom is 0.233 e. The summed E-state index contributed by atoms with van der Waals surface area (Å²) < 4.78 is 7.26. The van der Waals surface area contributed by atoms with Crippen LogP contribution in [0.15, 0.2) is 70.7 Å². The van der Waals surface area contributed by atoms with E-state index in [-0.39, 0.29) is 11.7 Å². The Morgan fingerprint density at radius 2 is 1.97 bits per heavy atom. The lowest BCUT2D eigenvalue weighted by atomic mass is 10.2. The van der Waals surface area contributed by atoms with Gasteiger partial charge in [0.2, 0.25) is 5.91 Å². The summed E-state index contributed by atoms with van der Waals surface area (Å²) in [5.41, 5.74) is 2.64. The smallest absolute Gasteiger partial charge is 0.233 e. The molecule has 0 unspecified atom stereocenters. The van der Waals surface area contributed by atoms with Crippen LogP contribution in [0.1, 0.15) is 11.3 Å². The molecule has 4 rings (SSSR count). The molecule has 1 aromatic carbocycles. The Bertz CT molecular complexity index is 1180. The Balaban J connectivity index is 1.62. The molecule has 0 saturated heterocycles. The molecule has 1 amide bonds. The number of halogens is 1. The summed E-state index contributed by atoms with van der Waals surface area (Å²) in [7, 11) is 1.75. The molecule has 7 nitrogen and oxygen atoms in total. The molecule has 0 spiro atoms. The van der Waals surface area contributed by atoms with Crippen LogP contribution in [0, 0.1) is 6.92 Å². The number of carbonyl (C=O) groups excluding carboxylic acids is 1. The van der Waals surface area contributed by atoms with E-state index in [0.717, 1.165) is 22.6 Å². The summed E-state index contributed by atoms with van der Waals surface area (Å²) in [6, 6.07) is 13.1. The van der Waals surface area contributed by atoms with Crippen LogP contribution in [0.25, 0.3) is 17.1 Å². The number of aromatic nitrogens is 4. The summed E-state index contributed by atoms with van der Waals surface area (Å²) in [6.07, 6.45) is 5.01. The van der Waals surface area contributed by atoms with Crippen molar-refractivity contribution in [2.45, 2.75) is 18.6 Å². The number of benzene rings is 1. The molecule has 31 heavy (non-hydrogen) atoms. The number of rotatable bonds is 7. The van der Waals surface area contributed by atoms with Crippen LogP contribution in [0.5, 0.6) is 0 Å². The molecule has 0 radical (unpaired) electrons. The lowest BCUT2D eigenvalue weighted by molar-refractivity contribution is -0.127. The van der Waals surface area contributed by atoms with Crippen molar-refractivity contribution in [2.24, 2.45) is 0 Å². The SMILES string of the molecule is Cc1c(Cl)cccc1-n1c(SCC(=O)N(C)Cc2ccco2)nnc1-c1ccncc1. The van der Waals surface area contributed by atoms with Crippen LogP contribution in [0.2, 0.25) is 5.02 Å². The highest BCUT2D eigenvalue weighted by Gasteiger charge is 2.20. The first kappa shape index (κ1) is 21.1. The molecule has 3 aromatic heterocycles. The topological polar surface area (TPSA) is 77.0 Å². The molecule has 0 aliphatic heterocycles. The third-order valence-corrected chi connectivity index (χ3v) is 6.10. The average molecular weight is 454 g/mol. The number of thioether (sulfide) groups is 1. The Kier molecular flexibility index (Phi) is 6.39. The Morgan fingerprint density at radius 1 is 1.16 bits per heavy atom. The Morgan fingerprint density at radius 3 is 2.71 bits per heavy atom. The lowest BCUT2D eigenvalue weighted by Gasteiger charge is -2.16. The quantitative estimate of drug-likeness (QED) is 0.379. The fourth-order valence-corrected chi connectivity index (χ4v) is 4.12. The molecule has 0 N–H and O–H groups in total. The largest absolute Gasteiger partial charge is 0.467 e. The zero-order chi connectivity index (χ0) is 21.8. The Labute approximate surface area is 189 Å². The molecule has 0 fully saturated rings. The van der Waals surface area contributed by atoms with E-state index in [9.17, 15) is 4.79 Å². The van der Waals surface area contributed by atoms with Gasteiger partial charge in [-0.05, 0) is 48.9 Å². The molecule has 3 heterocycles. The molecular weight excluding hydrogens is 434 g/mol. The van der Waals surface area contributed by atoms with Gasteiger partial charge in [0.1, 0.15) is 5.76 Å². The van der Waals surface area contributed by atoms with E-state index in [1.807, 2.05) is 47.9 Å². The molecular formula is C22H20ClN5O2S. The van der Waals surface area contributed by atoms with Gasteiger partial charge in [-0.25, -0.2) is 0 Å². The number of amides is 1. The highest BCUT2D eigenvalue weighted by molar-refractivity contribution is 7.99. The Hall–Kier alpha value is -3.10. The summed E-state index contributed by atoms with van der Waals surface area (Å²) in [4.78, 5) is 18.4. The van der Waals surface area contributed by atoms with E-state index in [1.54, 1.807) is 36.7 Å². The normalized spacial score (nSPS) is 10.9. The van der Waals surface area contributed by atoms with Gasteiger partial charge in [-0.2, -0.15) is 0 Å². The highest BCUT2D eigenvalue weighted by Crippen LogP contribution is 2.31. The molecule has 158 valence electrons. The monoisotopic (exact) mass is 453 g/mol. The van der Waals surface area contributed by atoms with Crippen LogP contribution in [-0.2, 0) is 11.3 Å².